The van der Waals surface area contributed by atoms with Crippen molar-refractivity contribution in [1.82, 2.24) is 20.4 Å². The SMILES string of the molecule is CN1CCc2c(sc3c2C([N])N(CCCN2CCC(Cc4ccccc4)CC2)C=N3)C1. The van der Waals surface area contributed by atoms with Crippen molar-refractivity contribution in [3.63, 3.8) is 0 Å². The van der Waals surface area contributed by atoms with Crippen LogP contribution in [0.25, 0.3) is 0 Å². The lowest BCUT2D eigenvalue weighted by atomic mass is 9.90. The second-order valence-corrected chi connectivity index (χ2v) is 10.5. The van der Waals surface area contributed by atoms with Gasteiger partial charge in [-0.25, -0.2) is 4.99 Å². The predicted octanol–water partition coefficient (Wildman–Crippen LogP) is 4.12. The third-order valence-electron chi connectivity index (χ3n) is 7.13. The van der Waals surface area contributed by atoms with Gasteiger partial charge in [0.25, 0.3) is 0 Å². The van der Waals surface area contributed by atoms with Gasteiger partial charge >= 0.3 is 0 Å². The number of nitrogens with zero attached hydrogens (tertiary/aromatic N) is 5. The molecule has 0 N–H and O–H groups in total. The largest absolute Gasteiger partial charge is 0.340 e. The number of thiophene rings is 1. The first kappa shape index (κ1) is 21.1. The smallest absolute Gasteiger partial charge is 0.144 e. The Morgan fingerprint density at radius 3 is 2.71 bits per heavy atom. The van der Waals surface area contributed by atoms with E-state index in [9.17, 15) is 5.73 Å². The zero-order valence-electron chi connectivity index (χ0n) is 18.5. The number of piperidine rings is 1. The average molecular weight is 436 g/mol. The molecule has 1 aromatic carbocycles. The van der Waals surface area contributed by atoms with Gasteiger partial charge in [-0.05, 0) is 75.8 Å². The standard InChI is InChI=1S/C25H33N5S/c1-28-13-10-21-22(17-28)31-25-23(21)24(26)30(18-27-25)12-5-11-29-14-8-20(9-15-29)16-19-6-3-2-4-7-19/h2-4,6-7,18,20,24H,5,8-17H2,1H3. The summed E-state index contributed by atoms with van der Waals surface area (Å²) in [5.41, 5.74) is 15.0. The van der Waals surface area contributed by atoms with Crippen LogP contribution in [0.1, 0.15) is 47.0 Å². The molecule has 0 amide bonds. The van der Waals surface area contributed by atoms with Gasteiger partial charge in [0.1, 0.15) is 11.2 Å². The van der Waals surface area contributed by atoms with E-state index in [-0.39, 0.29) is 0 Å². The average Bonchev–Trinajstić information content (AvgIpc) is 3.15. The van der Waals surface area contributed by atoms with Crippen molar-refractivity contribution in [1.29, 1.82) is 0 Å². The number of benzene rings is 1. The summed E-state index contributed by atoms with van der Waals surface area (Å²) in [7, 11) is 2.16. The lowest BCUT2D eigenvalue weighted by Crippen LogP contribution is -2.38. The molecule has 6 heteroatoms. The normalized spacial score (nSPS) is 22.5. The number of rotatable bonds is 6. The van der Waals surface area contributed by atoms with Crippen molar-refractivity contribution in [2.24, 2.45) is 10.9 Å². The van der Waals surface area contributed by atoms with Crippen molar-refractivity contribution >= 4 is 22.7 Å². The van der Waals surface area contributed by atoms with Crippen molar-refractivity contribution in [2.45, 2.75) is 44.8 Å². The van der Waals surface area contributed by atoms with E-state index in [0.717, 1.165) is 55.5 Å². The molecule has 5 nitrogen and oxygen atoms in total. The molecule has 2 radical (unpaired) electrons. The quantitative estimate of drug-likeness (QED) is 0.685. The predicted molar refractivity (Wildman–Crippen MR) is 128 cm³/mol. The number of hydrogen-bond donors (Lipinski definition) is 0. The fourth-order valence-electron chi connectivity index (χ4n) is 5.28. The van der Waals surface area contributed by atoms with E-state index < -0.39 is 6.17 Å². The zero-order valence-corrected chi connectivity index (χ0v) is 19.4. The Balaban J connectivity index is 1.09. The van der Waals surface area contributed by atoms with Gasteiger partial charge < -0.3 is 14.7 Å². The van der Waals surface area contributed by atoms with Gasteiger partial charge in [0.15, 0.2) is 0 Å². The highest BCUT2D eigenvalue weighted by molar-refractivity contribution is 7.16. The summed E-state index contributed by atoms with van der Waals surface area (Å²) >= 11 is 1.76. The molecule has 31 heavy (non-hydrogen) atoms. The van der Waals surface area contributed by atoms with Crippen molar-refractivity contribution < 1.29 is 0 Å². The molecule has 1 atom stereocenters. The van der Waals surface area contributed by atoms with E-state index in [0.29, 0.717) is 0 Å². The third kappa shape index (κ3) is 4.72. The molecule has 1 unspecified atom stereocenters. The Kier molecular flexibility index (Phi) is 6.41. The third-order valence-corrected chi connectivity index (χ3v) is 8.27. The fourth-order valence-corrected chi connectivity index (χ4v) is 6.57. The molecular formula is C25H33N5S. The molecule has 2 aromatic rings. The Hall–Kier alpha value is -1.73. The van der Waals surface area contributed by atoms with Crippen molar-refractivity contribution in [3.8, 4) is 0 Å². The summed E-state index contributed by atoms with van der Waals surface area (Å²) in [5, 5.41) is 1.02. The highest BCUT2D eigenvalue weighted by Gasteiger charge is 2.31. The van der Waals surface area contributed by atoms with Gasteiger partial charge in [-0.3, -0.25) is 0 Å². The van der Waals surface area contributed by atoms with Crippen LogP contribution in [0.4, 0.5) is 5.00 Å². The van der Waals surface area contributed by atoms with E-state index in [1.807, 2.05) is 11.2 Å². The van der Waals surface area contributed by atoms with E-state index >= 15 is 0 Å². The minimum absolute atomic E-state index is 0.535. The molecule has 1 fully saturated rings. The Morgan fingerprint density at radius 2 is 1.90 bits per heavy atom. The summed E-state index contributed by atoms with van der Waals surface area (Å²) in [6, 6.07) is 10.9. The first-order valence-electron chi connectivity index (χ1n) is 11.7. The molecule has 3 aliphatic heterocycles. The van der Waals surface area contributed by atoms with Crippen LogP contribution in [0.2, 0.25) is 0 Å². The molecule has 0 aliphatic carbocycles. The van der Waals surface area contributed by atoms with Gasteiger partial charge in [-0.1, -0.05) is 30.3 Å². The molecule has 1 aromatic heterocycles. The first-order chi connectivity index (χ1) is 15.2. The number of aliphatic imine (C=N–C) groups is 1. The lowest BCUT2D eigenvalue weighted by Gasteiger charge is -2.33. The summed E-state index contributed by atoms with van der Waals surface area (Å²) in [6.45, 7) is 6.41. The maximum absolute atomic E-state index is 11.1. The molecule has 3 aliphatic rings. The first-order valence-corrected chi connectivity index (χ1v) is 12.6. The minimum atomic E-state index is -0.535. The van der Waals surface area contributed by atoms with Crippen LogP contribution < -0.4 is 5.73 Å². The van der Waals surface area contributed by atoms with Crippen LogP contribution in [-0.2, 0) is 19.4 Å². The summed E-state index contributed by atoms with van der Waals surface area (Å²) in [4.78, 5) is 13.1. The van der Waals surface area contributed by atoms with E-state index in [1.54, 1.807) is 11.3 Å². The summed E-state index contributed by atoms with van der Waals surface area (Å²) in [6.07, 6.45) is 7.22. The molecule has 164 valence electrons. The van der Waals surface area contributed by atoms with Gasteiger partial charge in [0, 0.05) is 30.1 Å². The monoisotopic (exact) mass is 435 g/mol. The second kappa shape index (κ2) is 9.41. The molecule has 0 spiro atoms. The molecule has 1 saturated heterocycles. The summed E-state index contributed by atoms with van der Waals surface area (Å²) in [5.74, 6) is 0.817. The zero-order chi connectivity index (χ0) is 21.2. The lowest BCUT2D eigenvalue weighted by molar-refractivity contribution is 0.175. The van der Waals surface area contributed by atoms with Gasteiger partial charge in [0.05, 0.1) is 6.34 Å². The van der Waals surface area contributed by atoms with Gasteiger partial charge in [-0.2, -0.15) is 0 Å². The molecular weight excluding hydrogens is 402 g/mol. The maximum atomic E-state index is 11.1. The topological polar surface area (TPSA) is 44.4 Å². The van der Waals surface area contributed by atoms with E-state index in [2.05, 4.69) is 47.2 Å². The number of hydrogen-bond acceptors (Lipinski definition) is 5. The highest BCUT2D eigenvalue weighted by atomic mass is 32.1. The number of likely N-dealkylation sites (N-methyl/N-ethyl adjacent to an activating group) is 1. The van der Waals surface area contributed by atoms with Crippen molar-refractivity contribution in [3.05, 3.63) is 51.9 Å². The van der Waals surface area contributed by atoms with Crippen LogP contribution in [-0.4, -0.2) is 60.8 Å². The minimum Gasteiger partial charge on any atom is -0.340 e. The molecule has 0 bridgehead atoms. The molecule has 4 heterocycles. The maximum Gasteiger partial charge on any atom is 0.144 e. The second-order valence-electron chi connectivity index (χ2n) is 9.39. The molecule has 0 saturated carbocycles. The molecule has 5 rings (SSSR count). The highest BCUT2D eigenvalue weighted by Crippen LogP contribution is 2.44. The van der Waals surface area contributed by atoms with Crippen LogP contribution in [0.3, 0.4) is 0 Å². The number of fused-ring (bicyclic) bond motifs is 3. The van der Waals surface area contributed by atoms with E-state index in [4.69, 9.17) is 4.99 Å². The Labute approximate surface area is 190 Å². The van der Waals surface area contributed by atoms with Gasteiger partial charge in [0.2, 0.25) is 0 Å². The summed E-state index contributed by atoms with van der Waals surface area (Å²) < 4.78 is 0. The van der Waals surface area contributed by atoms with Gasteiger partial charge in [-0.15, -0.1) is 17.1 Å². The fraction of sp³-hybridized carbons (Fsp3) is 0.560. The van der Waals surface area contributed by atoms with E-state index in [1.165, 1.54) is 48.4 Å². The Morgan fingerprint density at radius 1 is 1.10 bits per heavy atom. The van der Waals surface area contributed by atoms with Crippen LogP contribution in [0.5, 0.6) is 0 Å². The Bertz CT molecular complexity index is 900. The van der Waals surface area contributed by atoms with Crippen molar-refractivity contribution in [2.75, 3.05) is 39.8 Å². The van der Waals surface area contributed by atoms with Crippen LogP contribution in [0, 0.1) is 5.92 Å². The van der Waals surface area contributed by atoms with Crippen LogP contribution in [0.15, 0.2) is 35.3 Å². The van der Waals surface area contributed by atoms with Crippen LogP contribution >= 0.6 is 11.3 Å². The number of likely N-dealkylation sites (tertiary alicyclic amines) is 1.